The highest BCUT2D eigenvalue weighted by Crippen LogP contribution is 2.31. The third-order valence-electron chi connectivity index (χ3n) is 4.23. The van der Waals surface area contributed by atoms with Crippen LogP contribution in [0.2, 0.25) is 5.02 Å². The van der Waals surface area contributed by atoms with Crippen molar-refractivity contribution in [3.05, 3.63) is 64.8 Å². The lowest BCUT2D eigenvalue weighted by Gasteiger charge is -2.07. The van der Waals surface area contributed by atoms with Crippen molar-refractivity contribution in [2.75, 3.05) is 7.11 Å². The number of rotatable bonds is 3. The minimum Gasteiger partial charge on any atom is -0.497 e. The zero-order valence-corrected chi connectivity index (χ0v) is 14.2. The number of fused-ring (bicyclic) bond motifs is 2. The van der Waals surface area contributed by atoms with E-state index in [9.17, 15) is 0 Å². The molecule has 2 heterocycles. The van der Waals surface area contributed by atoms with Crippen LogP contribution in [-0.4, -0.2) is 21.9 Å². The Labute approximate surface area is 144 Å². The van der Waals surface area contributed by atoms with Gasteiger partial charge in [0.25, 0.3) is 0 Å². The molecular weight excluding hydrogens is 322 g/mol. The molecule has 5 heteroatoms. The van der Waals surface area contributed by atoms with Gasteiger partial charge in [-0.05, 0) is 41.8 Å². The van der Waals surface area contributed by atoms with Crippen LogP contribution < -0.4 is 4.74 Å². The average molecular weight is 338 g/mol. The molecule has 0 spiro atoms. The van der Waals surface area contributed by atoms with Crippen LogP contribution in [0.15, 0.2) is 48.7 Å². The Hall–Kier alpha value is -2.59. The largest absolute Gasteiger partial charge is 0.497 e. The first-order valence-electron chi connectivity index (χ1n) is 7.68. The highest BCUT2D eigenvalue weighted by atomic mass is 35.5. The standard InChI is InChI=1S/C19H16ClN3O/c1-23-19-17(11-21-23)22-16-8-5-13(10-15(16)18(19)20)9-12-3-6-14(24-2)7-4-12/h3-8,10-11H,9H2,1-2H3. The summed E-state index contributed by atoms with van der Waals surface area (Å²) in [7, 11) is 3.55. The SMILES string of the molecule is COc1ccc(Cc2ccc3nc4cnn(C)c4c(Cl)c3c2)cc1. The number of halogens is 1. The third kappa shape index (κ3) is 2.49. The molecule has 0 unspecified atom stereocenters. The molecule has 0 amide bonds. The molecule has 0 N–H and O–H groups in total. The fraction of sp³-hybridized carbons (Fsp3) is 0.158. The highest BCUT2D eigenvalue weighted by Gasteiger charge is 2.11. The molecule has 0 aliphatic rings. The summed E-state index contributed by atoms with van der Waals surface area (Å²) in [6.45, 7) is 0. The lowest BCUT2D eigenvalue weighted by Crippen LogP contribution is -1.93. The molecule has 4 rings (SSSR count). The number of methoxy groups -OCH3 is 1. The van der Waals surface area contributed by atoms with Gasteiger partial charge in [-0.1, -0.05) is 29.8 Å². The molecule has 0 saturated carbocycles. The molecule has 0 bridgehead atoms. The number of ether oxygens (including phenoxy) is 1. The molecule has 2 aromatic heterocycles. The van der Waals surface area contributed by atoms with Crippen LogP contribution in [0.3, 0.4) is 0 Å². The van der Waals surface area contributed by atoms with E-state index in [1.165, 1.54) is 11.1 Å². The number of pyridine rings is 1. The maximum Gasteiger partial charge on any atom is 0.118 e. The summed E-state index contributed by atoms with van der Waals surface area (Å²) in [6.07, 6.45) is 2.58. The van der Waals surface area contributed by atoms with Gasteiger partial charge in [0.2, 0.25) is 0 Å². The van der Waals surface area contributed by atoms with E-state index in [1.54, 1.807) is 18.0 Å². The molecule has 2 aromatic carbocycles. The fourth-order valence-electron chi connectivity index (χ4n) is 2.97. The Morgan fingerprint density at radius 2 is 1.79 bits per heavy atom. The van der Waals surface area contributed by atoms with E-state index in [2.05, 4.69) is 34.3 Å². The quantitative estimate of drug-likeness (QED) is 0.557. The Balaban J connectivity index is 1.77. The van der Waals surface area contributed by atoms with Crippen LogP contribution in [-0.2, 0) is 13.5 Å². The van der Waals surface area contributed by atoms with E-state index >= 15 is 0 Å². The van der Waals surface area contributed by atoms with Gasteiger partial charge in [-0.15, -0.1) is 0 Å². The second kappa shape index (κ2) is 5.80. The summed E-state index contributed by atoms with van der Waals surface area (Å²) in [5, 5.41) is 5.90. The van der Waals surface area contributed by atoms with Crippen molar-refractivity contribution in [1.82, 2.24) is 14.8 Å². The van der Waals surface area contributed by atoms with Crippen molar-refractivity contribution < 1.29 is 4.74 Å². The lowest BCUT2D eigenvalue weighted by atomic mass is 10.0. The maximum atomic E-state index is 6.62. The van der Waals surface area contributed by atoms with Gasteiger partial charge in [-0.3, -0.25) is 4.68 Å². The molecule has 0 saturated heterocycles. The number of benzene rings is 2. The molecule has 4 aromatic rings. The number of hydrogen-bond acceptors (Lipinski definition) is 3. The van der Waals surface area contributed by atoms with Gasteiger partial charge < -0.3 is 4.74 Å². The predicted molar refractivity (Wildman–Crippen MR) is 96.8 cm³/mol. The molecule has 0 aliphatic carbocycles. The third-order valence-corrected chi connectivity index (χ3v) is 4.62. The molecule has 0 aliphatic heterocycles. The van der Waals surface area contributed by atoms with Crippen LogP contribution in [0, 0.1) is 0 Å². The first-order chi connectivity index (χ1) is 11.7. The van der Waals surface area contributed by atoms with Gasteiger partial charge in [0, 0.05) is 12.4 Å². The number of nitrogens with zero attached hydrogens (tertiary/aromatic N) is 3. The van der Waals surface area contributed by atoms with Crippen LogP contribution in [0.25, 0.3) is 21.9 Å². The Morgan fingerprint density at radius 3 is 2.54 bits per heavy atom. The summed E-state index contributed by atoms with van der Waals surface area (Å²) in [6, 6.07) is 14.3. The maximum absolute atomic E-state index is 6.62. The number of hydrogen-bond donors (Lipinski definition) is 0. The van der Waals surface area contributed by atoms with Gasteiger partial charge in [-0.25, -0.2) is 4.98 Å². The first-order valence-corrected chi connectivity index (χ1v) is 8.06. The molecule has 4 nitrogen and oxygen atoms in total. The summed E-state index contributed by atoms with van der Waals surface area (Å²) in [5.41, 5.74) is 4.99. The second-order valence-electron chi connectivity index (χ2n) is 5.80. The fourth-order valence-corrected chi connectivity index (χ4v) is 3.34. The van der Waals surface area contributed by atoms with Crippen LogP contribution in [0.4, 0.5) is 0 Å². The normalized spacial score (nSPS) is 11.3. The van der Waals surface area contributed by atoms with Crippen molar-refractivity contribution in [2.24, 2.45) is 7.05 Å². The molecule has 0 fully saturated rings. The Kier molecular flexibility index (Phi) is 3.62. The summed E-state index contributed by atoms with van der Waals surface area (Å²) >= 11 is 6.62. The van der Waals surface area contributed by atoms with E-state index in [1.807, 2.05) is 25.2 Å². The van der Waals surface area contributed by atoms with Gasteiger partial charge in [0.05, 0.1) is 23.8 Å². The van der Waals surface area contributed by atoms with Gasteiger partial charge in [0.1, 0.15) is 16.8 Å². The van der Waals surface area contributed by atoms with Crippen LogP contribution in [0.5, 0.6) is 5.75 Å². The smallest absolute Gasteiger partial charge is 0.118 e. The summed E-state index contributed by atoms with van der Waals surface area (Å²) < 4.78 is 6.97. The van der Waals surface area contributed by atoms with E-state index in [4.69, 9.17) is 16.3 Å². The topological polar surface area (TPSA) is 39.9 Å². The van der Waals surface area contributed by atoms with E-state index in [0.29, 0.717) is 5.02 Å². The lowest BCUT2D eigenvalue weighted by molar-refractivity contribution is 0.414. The number of aryl methyl sites for hydroxylation is 1. The van der Waals surface area contributed by atoms with Gasteiger partial charge >= 0.3 is 0 Å². The van der Waals surface area contributed by atoms with E-state index in [0.717, 1.165) is 34.1 Å². The zero-order valence-electron chi connectivity index (χ0n) is 13.5. The second-order valence-corrected chi connectivity index (χ2v) is 6.18. The van der Waals surface area contributed by atoms with E-state index in [-0.39, 0.29) is 0 Å². The molecule has 120 valence electrons. The Morgan fingerprint density at radius 1 is 1.04 bits per heavy atom. The zero-order chi connectivity index (χ0) is 16.7. The monoisotopic (exact) mass is 337 g/mol. The predicted octanol–water partition coefficient (Wildman–Crippen LogP) is 4.37. The van der Waals surface area contributed by atoms with Gasteiger partial charge in [0.15, 0.2) is 0 Å². The minimum atomic E-state index is 0.701. The molecular formula is C19H16ClN3O. The summed E-state index contributed by atoms with van der Waals surface area (Å²) in [5.74, 6) is 0.864. The first kappa shape index (κ1) is 15.0. The average Bonchev–Trinajstić information content (AvgIpc) is 2.97. The van der Waals surface area contributed by atoms with Crippen molar-refractivity contribution in [3.63, 3.8) is 0 Å². The van der Waals surface area contributed by atoms with Crippen molar-refractivity contribution in [2.45, 2.75) is 6.42 Å². The van der Waals surface area contributed by atoms with Crippen LogP contribution in [0.1, 0.15) is 11.1 Å². The van der Waals surface area contributed by atoms with Crippen molar-refractivity contribution in [3.8, 4) is 5.75 Å². The Bertz CT molecular complexity index is 1040. The summed E-state index contributed by atoms with van der Waals surface area (Å²) in [4.78, 5) is 4.65. The van der Waals surface area contributed by atoms with Crippen molar-refractivity contribution >= 4 is 33.5 Å². The molecule has 24 heavy (non-hydrogen) atoms. The van der Waals surface area contributed by atoms with Gasteiger partial charge in [-0.2, -0.15) is 5.10 Å². The molecule has 0 radical (unpaired) electrons. The van der Waals surface area contributed by atoms with E-state index < -0.39 is 0 Å². The van der Waals surface area contributed by atoms with Crippen molar-refractivity contribution in [1.29, 1.82) is 0 Å². The molecule has 0 atom stereocenters. The van der Waals surface area contributed by atoms with Crippen LogP contribution >= 0.6 is 11.6 Å². The number of aromatic nitrogens is 3. The highest BCUT2D eigenvalue weighted by molar-refractivity contribution is 6.39. The minimum absolute atomic E-state index is 0.701.